The van der Waals surface area contributed by atoms with Gasteiger partial charge in [-0.3, -0.25) is 18.7 Å². The van der Waals surface area contributed by atoms with Gasteiger partial charge in [-0.25, -0.2) is 4.79 Å². The van der Waals surface area contributed by atoms with Crippen LogP contribution in [0.15, 0.2) is 39.9 Å². The molecule has 0 aliphatic carbocycles. The van der Waals surface area contributed by atoms with Crippen LogP contribution in [-0.4, -0.2) is 15.0 Å². The van der Waals surface area contributed by atoms with E-state index in [1.165, 1.54) is 24.7 Å². The first-order valence-electron chi connectivity index (χ1n) is 5.74. The number of halogens is 1. The van der Waals surface area contributed by atoms with Crippen molar-refractivity contribution in [3.8, 4) is 0 Å². The first kappa shape index (κ1) is 14.5. The lowest BCUT2D eigenvalue weighted by Crippen LogP contribution is -2.38. The highest BCUT2D eigenvalue weighted by Gasteiger charge is 2.12. The minimum absolute atomic E-state index is 0.169. The fourth-order valence-electron chi connectivity index (χ4n) is 1.68. The number of amides is 1. The van der Waals surface area contributed by atoms with Crippen LogP contribution in [0.1, 0.15) is 10.4 Å². The number of carbonyl (C=O) groups excluding carboxylic acids is 1. The molecule has 0 saturated heterocycles. The molecule has 1 N–H and O–H groups in total. The van der Waals surface area contributed by atoms with E-state index in [9.17, 15) is 14.4 Å². The van der Waals surface area contributed by atoms with Gasteiger partial charge >= 0.3 is 5.69 Å². The Bertz CT molecular complexity index is 792. The van der Waals surface area contributed by atoms with E-state index in [0.717, 1.165) is 8.14 Å². The van der Waals surface area contributed by atoms with Crippen molar-refractivity contribution >= 4 is 34.3 Å². The highest BCUT2D eigenvalue weighted by atomic mass is 127. The third-order valence-electron chi connectivity index (χ3n) is 2.89. The van der Waals surface area contributed by atoms with Gasteiger partial charge in [-0.05, 0) is 34.7 Å². The van der Waals surface area contributed by atoms with E-state index in [1.54, 1.807) is 18.2 Å². The van der Waals surface area contributed by atoms with Crippen LogP contribution in [-0.2, 0) is 14.1 Å². The summed E-state index contributed by atoms with van der Waals surface area (Å²) in [5.74, 6) is -0.194. The standard InChI is InChI=1S/C13H12IN3O3/c1-16-10(7-11(18)17(2)13(16)20)15-12(19)8-5-3-4-6-9(8)14/h3-7H,1-2H3,(H,15,19). The van der Waals surface area contributed by atoms with Crippen LogP contribution < -0.4 is 16.6 Å². The number of anilines is 1. The third kappa shape index (κ3) is 2.67. The van der Waals surface area contributed by atoms with Crippen LogP contribution in [0.2, 0.25) is 0 Å². The molecule has 0 saturated carbocycles. The molecule has 7 heteroatoms. The molecule has 1 amide bonds. The Morgan fingerprint density at radius 2 is 1.80 bits per heavy atom. The quantitative estimate of drug-likeness (QED) is 0.783. The largest absolute Gasteiger partial charge is 0.332 e. The first-order valence-corrected chi connectivity index (χ1v) is 6.82. The average molecular weight is 385 g/mol. The summed E-state index contributed by atoms with van der Waals surface area (Å²) in [5.41, 5.74) is -0.469. The Morgan fingerprint density at radius 3 is 2.45 bits per heavy atom. The van der Waals surface area contributed by atoms with Gasteiger partial charge in [-0.1, -0.05) is 12.1 Å². The van der Waals surface area contributed by atoms with Crippen molar-refractivity contribution in [3.05, 3.63) is 60.3 Å². The summed E-state index contributed by atoms with van der Waals surface area (Å²) >= 11 is 2.05. The lowest BCUT2D eigenvalue weighted by Gasteiger charge is -2.11. The van der Waals surface area contributed by atoms with Crippen molar-refractivity contribution in [1.82, 2.24) is 9.13 Å². The van der Waals surface area contributed by atoms with Gasteiger partial charge in [0.1, 0.15) is 5.82 Å². The van der Waals surface area contributed by atoms with Gasteiger partial charge in [-0.2, -0.15) is 0 Å². The van der Waals surface area contributed by atoms with Gasteiger partial charge in [0.25, 0.3) is 11.5 Å². The SMILES string of the molecule is Cn1c(NC(=O)c2ccccc2I)cc(=O)n(C)c1=O. The topological polar surface area (TPSA) is 73.1 Å². The maximum atomic E-state index is 12.2. The number of benzene rings is 1. The van der Waals surface area contributed by atoms with E-state index >= 15 is 0 Å². The zero-order valence-corrected chi connectivity index (χ0v) is 13.0. The Morgan fingerprint density at radius 1 is 1.15 bits per heavy atom. The van der Waals surface area contributed by atoms with Crippen molar-refractivity contribution in [3.63, 3.8) is 0 Å². The highest BCUT2D eigenvalue weighted by molar-refractivity contribution is 14.1. The highest BCUT2D eigenvalue weighted by Crippen LogP contribution is 2.13. The molecule has 0 aliphatic rings. The summed E-state index contributed by atoms with van der Waals surface area (Å²) in [4.78, 5) is 35.5. The van der Waals surface area contributed by atoms with E-state index < -0.39 is 11.2 Å². The molecule has 0 bridgehead atoms. The van der Waals surface area contributed by atoms with E-state index in [0.29, 0.717) is 5.56 Å². The summed E-state index contributed by atoms with van der Waals surface area (Å²) in [7, 11) is 2.88. The van der Waals surface area contributed by atoms with Gasteiger partial charge in [0.05, 0.1) is 5.56 Å². The average Bonchev–Trinajstić information content (AvgIpc) is 2.42. The lowest BCUT2D eigenvalue weighted by atomic mass is 10.2. The maximum absolute atomic E-state index is 12.2. The van der Waals surface area contributed by atoms with Crippen LogP contribution >= 0.6 is 22.6 Å². The van der Waals surface area contributed by atoms with Crippen molar-refractivity contribution in [2.24, 2.45) is 14.1 Å². The zero-order chi connectivity index (χ0) is 14.9. The first-order chi connectivity index (χ1) is 9.41. The predicted octanol–water partition coefficient (Wildman–Crippen LogP) is 0.941. The van der Waals surface area contributed by atoms with Crippen LogP contribution in [0, 0.1) is 3.57 Å². The predicted molar refractivity (Wildman–Crippen MR) is 84.0 cm³/mol. The van der Waals surface area contributed by atoms with E-state index in [4.69, 9.17) is 0 Å². The van der Waals surface area contributed by atoms with Crippen molar-refractivity contribution < 1.29 is 4.79 Å². The molecule has 0 atom stereocenters. The fourth-order valence-corrected chi connectivity index (χ4v) is 2.31. The minimum Gasteiger partial charge on any atom is -0.308 e. The van der Waals surface area contributed by atoms with Gasteiger partial charge in [0.2, 0.25) is 0 Å². The molecule has 1 aromatic heterocycles. The second kappa shape index (κ2) is 5.61. The Hall–Kier alpha value is -1.90. The summed E-state index contributed by atoms with van der Waals surface area (Å²) in [5, 5.41) is 2.58. The molecule has 1 heterocycles. The van der Waals surface area contributed by atoms with Crippen LogP contribution in [0.5, 0.6) is 0 Å². The van der Waals surface area contributed by atoms with E-state index in [1.807, 2.05) is 6.07 Å². The monoisotopic (exact) mass is 385 g/mol. The van der Waals surface area contributed by atoms with Crippen molar-refractivity contribution in [2.75, 3.05) is 5.32 Å². The Kier molecular flexibility index (Phi) is 4.07. The molecular weight excluding hydrogens is 373 g/mol. The van der Waals surface area contributed by atoms with Crippen molar-refractivity contribution in [2.45, 2.75) is 0 Å². The minimum atomic E-state index is -0.490. The van der Waals surface area contributed by atoms with E-state index in [-0.39, 0.29) is 11.7 Å². The van der Waals surface area contributed by atoms with Gasteiger partial charge in [0, 0.05) is 23.7 Å². The summed E-state index contributed by atoms with van der Waals surface area (Å²) in [6.07, 6.45) is 0. The number of aromatic nitrogens is 2. The van der Waals surface area contributed by atoms with Crippen molar-refractivity contribution in [1.29, 1.82) is 0 Å². The Balaban J connectivity index is 2.42. The second-order valence-corrected chi connectivity index (χ2v) is 5.36. The fraction of sp³-hybridized carbons (Fsp3) is 0.154. The Labute approximate surface area is 128 Å². The summed E-state index contributed by atoms with van der Waals surface area (Å²) < 4.78 is 2.98. The smallest absolute Gasteiger partial charge is 0.308 e. The molecule has 0 spiro atoms. The number of hydrogen-bond acceptors (Lipinski definition) is 3. The number of nitrogens with zero attached hydrogens (tertiary/aromatic N) is 2. The second-order valence-electron chi connectivity index (χ2n) is 4.20. The molecule has 0 unspecified atom stereocenters. The molecule has 2 aromatic rings. The molecule has 104 valence electrons. The summed E-state index contributed by atoms with van der Waals surface area (Å²) in [6, 6.07) is 8.27. The zero-order valence-electron chi connectivity index (χ0n) is 10.9. The molecule has 2 rings (SSSR count). The molecule has 6 nitrogen and oxygen atoms in total. The number of hydrogen-bond donors (Lipinski definition) is 1. The van der Waals surface area contributed by atoms with Gasteiger partial charge < -0.3 is 5.32 Å². The summed E-state index contributed by atoms with van der Waals surface area (Å²) in [6.45, 7) is 0. The maximum Gasteiger partial charge on any atom is 0.332 e. The van der Waals surface area contributed by atoms with E-state index in [2.05, 4.69) is 27.9 Å². The number of nitrogens with one attached hydrogen (secondary N) is 1. The molecule has 0 aliphatic heterocycles. The number of carbonyl (C=O) groups is 1. The number of rotatable bonds is 2. The molecule has 0 fully saturated rings. The van der Waals surface area contributed by atoms with Crippen LogP contribution in [0.25, 0.3) is 0 Å². The molecule has 0 radical (unpaired) electrons. The van der Waals surface area contributed by atoms with Gasteiger partial charge in [0.15, 0.2) is 0 Å². The third-order valence-corrected chi connectivity index (χ3v) is 3.83. The molecular formula is C13H12IN3O3. The normalized spacial score (nSPS) is 10.3. The van der Waals surface area contributed by atoms with Crippen LogP contribution in [0.4, 0.5) is 5.82 Å². The lowest BCUT2D eigenvalue weighted by molar-refractivity contribution is 0.102. The molecule has 1 aromatic carbocycles. The van der Waals surface area contributed by atoms with Crippen LogP contribution in [0.3, 0.4) is 0 Å². The molecule has 20 heavy (non-hydrogen) atoms. The van der Waals surface area contributed by atoms with Gasteiger partial charge in [-0.15, -0.1) is 0 Å².